The van der Waals surface area contributed by atoms with Gasteiger partial charge in [0.25, 0.3) is 0 Å². The molecule has 7 heteroatoms. The number of hydrogen-bond donors (Lipinski definition) is 0. The Morgan fingerprint density at radius 1 is 1.00 bits per heavy atom. The van der Waals surface area contributed by atoms with Crippen molar-refractivity contribution >= 4 is 23.2 Å². The molecule has 7 rings (SSSR count). The number of ether oxygens (including phenoxy) is 1. The van der Waals surface area contributed by atoms with Crippen molar-refractivity contribution in [3.63, 3.8) is 0 Å². The maximum atomic E-state index is 14.4. The van der Waals surface area contributed by atoms with Crippen LogP contribution in [0, 0.1) is 35.9 Å². The van der Waals surface area contributed by atoms with Crippen LogP contribution in [0.4, 0.5) is 4.39 Å². The number of halogens is 1. The third kappa shape index (κ3) is 5.42. The summed E-state index contributed by atoms with van der Waals surface area (Å²) in [4.78, 5) is 33.2. The Kier molecular flexibility index (Phi) is 7.34. The Morgan fingerprint density at radius 3 is 2.26 bits per heavy atom. The van der Waals surface area contributed by atoms with Gasteiger partial charge in [-0.3, -0.25) is 9.59 Å². The maximum Gasteiger partial charge on any atom is 0.242 e. The first-order valence-electron chi connectivity index (χ1n) is 14.3. The molecule has 4 saturated carbocycles. The third-order valence-corrected chi connectivity index (χ3v) is 10.5. The van der Waals surface area contributed by atoms with Crippen LogP contribution in [0.1, 0.15) is 67.4 Å². The fourth-order valence-electron chi connectivity index (χ4n) is 8.01. The molecule has 2 heterocycles. The number of carbonyl (C=O) groups is 2. The van der Waals surface area contributed by atoms with Gasteiger partial charge in [-0.15, -0.1) is 11.3 Å². The number of aryl methyl sites for hydroxylation is 1. The molecule has 1 saturated heterocycles. The van der Waals surface area contributed by atoms with Crippen LogP contribution in [0.25, 0.3) is 0 Å². The Morgan fingerprint density at radius 2 is 1.68 bits per heavy atom. The van der Waals surface area contributed by atoms with E-state index in [9.17, 15) is 14.0 Å². The number of nitrogens with zero attached hydrogens (tertiary/aromatic N) is 2. The minimum Gasteiger partial charge on any atom is -0.376 e. The molecule has 0 spiro atoms. The van der Waals surface area contributed by atoms with Gasteiger partial charge in [0.05, 0.1) is 24.6 Å². The average molecular weight is 539 g/mol. The summed E-state index contributed by atoms with van der Waals surface area (Å²) in [5, 5.41) is 2.05. The number of benzene rings is 1. The summed E-state index contributed by atoms with van der Waals surface area (Å²) in [6.45, 7) is 4.23. The van der Waals surface area contributed by atoms with Crippen molar-refractivity contribution in [1.29, 1.82) is 0 Å². The van der Waals surface area contributed by atoms with Crippen LogP contribution < -0.4 is 0 Å². The van der Waals surface area contributed by atoms with Crippen LogP contribution in [0.15, 0.2) is 35.7 Å². The second kappa shape index (κ2) is 10.7. The maximum absolute atomic E-state index is 14.4. The molecule has 1 aliphatic heterocycles. The molecule has 2 aromatic rings. The molecule has 5 aliphatic rings. The Bertz CT molecular complexity index is 1120. The van der Waals surface area contributed by atoms with E-state index in [2.05, 4.69) is 13.0 Å². The van der Waals surface area contributed by atoms with Crippen molar-refractivity contribution in [3.05, 3.63) is 57.5 Å². The van der Waals surface area contributed by atoms with Gasteiger partial charge < -0.3 is 14.5 Å². The van der Waals surface area contributed by atoms with Gasteiger partial charge in [-0.25, -0.2) is 4.39 Å². The summed E-state index contributed by atoms with van der Waals surface area (Å²) in [5.74, 6) is 1.85. The largest absolute Gasteiger partial charge is 0.376 e. The lowest BCUT2D eigenvalue weighted by molar-refractivity contribution is -0.162. The Balaban J connectivity index is 1.24. The van der Waals surface area contributed by atoms with E-state index in [-0.39, 0.29) is 35.7 Å². The Labute approximate surface area is 229 Å². The summed E-state index contributed by atoms with van der Waals surface area (Å²) in [5.41, 5.74) is 1.75. The van der Waals surface area contributed by atoms with Gasteiger partial charge in [0.15, 0.2) is 0 Å². The van der Waals surface area contributed by atoms with Gasteiger partial charge in [0.2, 0.25) is 11.8 Å². The zero-order valence-electron chi connectivity index (χ0n) is 22.4. The van der Waals surface area contributed by atoms with E-state index in [1.54, 1.807) is 23.5 Å². The molecule has 0 radical (unpaired) electrons. The molecule has 5 fully saturated rings. The summed E-state index contributed by atoms with van der Waals surface area (Å²) in [6.07, 6.45) is 8.75. The molecule has 4 aliphatic carbocycles. The molecule has 2 amide bonds. The van der Waals surface area contributed by atoms with E-state index in [4.69, 9.17) is 4.74 Å². The summed E-state index contributed by atoms with van der Waals surface area (Å²) >= 11 is 1.64. The van der Waals surface area contributed by atoms with Crippen molar-refractivity contribution in [1.82, 2.24) is 9.80 Å². The monoisotopic (exact) mass is 538 g/mol. The lowest BCUT2D eigenvalue weighted by atomic mass is 9.49. The molecular weight excluding hydrogens is 499 g/mol. The van der Waals surface area contributed by atoms with Crippen LogP contribution in [-0.2, 0) is 27.4 Å². The summed E-state index contributed by atoms with van der Waals surface area (Å²) < 4.78 is 19.5. The molecule has 38 heavy (non-hydrogen) atoms. The zero-order chi connectivity index (χ0) is 26.3. The lowest BCUT2D eigenvalue weighted by Gasteiger charge is -2.56. The minimum absolute atomic E-state index is 0.00533. The molecular formula is C31H39FN2O3S. The highest BCUT2D eigenvalue weighted by Crippen LogP contribution is 2.60. The normalized spacial score (nSPS) is 29.5. The van der Waals surface area contributed by atoms with E-state index in [1.807, 2.05) is 15.2 Å². The highest BCUT2D eigenvalue weighted by Gasteiger charge is 2.56. The van der Waals surface area contributed by atoms with Crippen molar-refractivity contribution < 1.29 is 18.7 Å². The molecule has 204 valence electrons. The van der Waals surface area contributed by atoms with E-state index in [0.29, 0.717) is 37.4 Å². The van der Waals surface area contributed by atoms with E-state index < -0.39 is 0 Å². The first-order chi connectivity index (χ1) is 18.4. The molecule has 4 bridgehead atoms. The van der Waals surface area contributed by atoms with Gasteiger partial charge in [0.1, 0.15) is 5.82 Å². The number of amides is 2. The highest BCUT2D eigenvalue weighted by molar-refractivity contribution is 7.10. The average Bonchev–Trinajstić information content (AvgIpc) is 3.55. The van der Waals surface area contributed by atoms with Crippen molar-refractivity contribution in [3.8, 4) is 0 Å². The number of rotatable bonds is 9. The predicted molar refractivity (Wildman–Crippen MR) is 146 cm³/mol. The fourth-order valence-corrected chi connectivity index (χ4v) is 8.93. The predicted octanol–water partition coefficient (Wildman–Crippen LogP) is 5.95. The molecule has 1 aromatic carbocycles. The smallest absolute Gasteiger partial charge is 0.242 e. The van der Waals surface area contributed by atoms with Gasteiger partial charge in [0, 0.05) is 24.6 Å². The second-order valence-electron chi connectivity index (χ2n) is 12.4. The quantitative estimate of drug-likeness (QED) is 0.397. The van der Waals surface area contributed by atoms with Gasteiger partial charge in [-0.05, 0) is 111 Å². The van der Waals surface area contributed by atoms with Crippen LogP contribution in [0.5, 0.6) is 0 Å². The number of carbonyl (C=O) groups excluding carboxylic acids is 2. The molecule has 1 unspecified atom stereocenters. The summed E-state index contributed by atoms with van der Waals surface area (Å²) in [6, 6.07) is 8.42. The van der Waals surface area contributed by atoms with E-state index >= 15 is 0 Å². The first-order valence-corrected chi connectivity index (χ1v) is 15.2. The fraction of sp³-hybridized carbons (Fsp3) is 0.613. The molecule has 1 atom stereocenters. The van der Waals surface area contributed by atoms with Crippen LogP contribution >= 0.6 is 11.3 Å². The first kappa shape index (κ1) is 26.0. The SMILES string of the molecule is Cc1ccsc1CN(Cc1ccc(F)cc1)C(=O)CN(CC1CCCO1)C(=O)C12CC3CC(CC(C3)C1)C2. The van der Waals surface area contributed by atoms with Crippen molar-refractivity contribution in [2.45, 2.75) is 77.5 Å². The zero-order valence-corrected chi connectivity index (χ0v) is 23.2. The molecule has 1 aromatic heterocycles. The van der Waals surface area contributed by atoms with Gasteiger partial charge >= 0.3 is 0 Å². The molecule has 5 nitrogen and oxygen atoms in total. The highest BCUT2D eigenvalue weighted by atomic mass is 32.1. The van der Waals surface area contributed by atoms with E-state index in [0.717, 1.165) is 54.7 Å². The van der Waals surface area contributed by atoms with Crippen LogP contribution in [0.3, 0.4) is 0 Å². The summed E-state index contributed by atoms with van der Waals surface area (Å²) in [7, 11) is 0. The van der Waals surface area contributed by atoms with Crippen molar-refractivity contribution in [2.24, 2.45) is 23.2 Å². The van der Waals surface area contributed by atoms with Crippen molar-refractivity contribution in [2.75, 3.05) is 19.7 Å². The van der Waals surface area contributed by atoms with Crippen LogP contribution in [-0.4, -0.2) is 47.4 Å². The van der Waals surface area contributed by atoms with E-state index in [1.165, 1.54) is 31.4 Å². The number of thiophene rings is 1. The third-order valence-electron chi connectivity index (χ3n) is 9.50. The van der Waals surface area contributed by atoms with Gasteiger partial charge in [-0.1, -0.05) is 12.1 Å². The minimum atomic E-state index is -0.292. The number of hydrogen-bond acceptors (Lipinski definition) is 4. The standard InChI is InChI=1S/C31H39FN2O3S/c1-21-8-10-38-28(21)19-33(17-22-4-6-26(32)7-5-22)29(35)20-34(18-27-3-2-9-37-27)30(36)31-14-23-11-24(15-31)13-25(12-23)16-31/h4-8,10,23-25,27H,2-3,9,11-20H2,1H3. The molecule has 0 N–H and O–H groups in total. The lowest BCUT2D eigenvalue weighted by Crippen LogP contribution is -2.57. The van der Waals surface area contributed by atoms with Crippen LogP contribution in [0.2, 0.25) is 0 Å². The van der Waals surface area contributed by atoms with Gasteiger partial charge in [-0.2, -0.15) is 0 Å². The Hall–Kier alpha value is -2.25. The topological polar surface area (TPSA) is 49.9 Å². The second-order valence-corrected chi connectivity index (χ2v) is 13.4.